The van der Waals surface area contributed by atoms with E-state index in [1.54, 1.807) is 0 Å². The molecule has 0 fully saturated rings. The molecule has 0 heterocycles. The van der Waals surface area contributed by atoms with Crippen molar-refractivity contribution in [3.8, 4) is 0 Å². The number of ether oxygens (including phenoxy) is 4. The van der Waals surface area contributed by atoms with Crippen LogP contribution in [0.1, 0.15) is 129 Å². The minimum atomic E-state index is -0.667. The Bertz CT molecular complexity index is 388. The predicted molar refractivity (Wildman–Crippen MR) is 149 cm³/mol. The molecule has 0 atom stereocenters. The molecule has 0 aliphatic heterocycles. The lowest BCUT2D eigenvalue weighted by Gasteiger charge is -2.04. The van der Waals surface area contributed by atoms with Gasteiger partial charge in [-0.2, -0.15) is 0 Å². The SMILES string of the molecule is CCCCCCCCCCCOC(=O)OCCl.CCCCCCCCCCCOC(=O)OCI. The van der Waals surface area contributed by atoms with Gasteiger partial charge in [-0.15, -0.1) is 0 Å². The Morgan fingerprint density at radius 3 is 1.18 bits per heavy atom. The van der Waals surface area contributed by atoms with Crippen LogP contribution in [0.15, 0.2) is 0 Å². The Labute approximate surface area is 227 Å². The van der Waals surface area contributed by atoms with Crippen molar-refractivity contribution in [3.05, 3.63) is 0 Å². The lowest BCUT2D eigenvalue weighted by molar-refractivity contribution is 0.0661. The fourth-order valence-electron chi connectivity index (χ4n) is 3.31. The van der Waals surface area contributed by atoms with Crippen LogP contribution in [0, 0.1) is 0 Å². The summed E-state index contributed by atoms with van der Waals surface area (Å²) in [7, 11) is 0. The van der Waals surface area contributed by atoms with Gasteiger partial charge in [-0.25, -0.2) is 9.59 Å². The van der Waals surface area contributed by atoms with Crippen LogP contribution in [0.3, 0.4) is 0 Å². The summed E-state index contributed by atoms with van der Waals surface area (Å²) >= 11 is 7.18. The summed E-state index contributed by atoms with van der Waals surface area (Å²) in [5.41, 5.74) is 0. The highest BCUT2D eigenvalue weighted by atomic mass is 127. The van der Waals surface area contributed by atoms with Crippen LogP contribution in [0.5, 0.6) is 0 Å². The van der Waals surface area contributed by atoms with Crippen LogP contribution in [0.2, 0.25) is 0 Å². The molecule has 0 aromatic carbocycles. The zero-order chi connectivity index (χ0) is 25.5. The minimum absolute atomic E-state index is 0.142. The van der Waals surface area contributed by atoms with Crippen molar-refractivity contribution in [2.24, 2.45) is 0 Å². The first-order valence-corrected chi connectivity index (χ1v) is 15.4. The quantitative estimate of drug-likeness (QED) is 0.0519. The zero-order valence-corrected chi connectivity index (χ0v) is 24.7. The highest BCUT2D eigenvalue weighted by molar-refractivity contribution is 14.1. The van der Waals surface area contributed by atoms with E-state index in [2.05, 4.69) is 23.3 Å². The van der Waals surface area contributed by atoms with Crippen molar-refractivity contribution < 1.29 is 28.5 Å². The average molecular weight is 621 g/mol. The van der Waals surface area contributed by atoms with E-state index in [1.165, 1.54) is 89.9 Å². The van der Waals surface area contributed by atoms with Gasteiger partial charge >= 0.3 is 12.3 Å². The average Bonchev–Trinajstić information content (AvgIpc) is 2.82. The Hall–Kier alpha value is -0.440. The predicted octanol–water partition coefficient (Wildman–Crippen LogP) is 9.93. The standard InChI is InChI=1S/C13H25ClO3.C13H25IO3/c2*1-2-3-4-5-6-7-8-9-10-11-16-13(15)17-12-14/h2*2-12H2,1H3. The Kier molecular flexibility index (Phi) is 34.2. The first-order valence-electron chi connectivity index (χ1n) is 13.3. The first kappa shape index (κ1) is 35.7. The Morgan fingerprint density at radius 2 is 0.853 bits per heavy atom. The molecule has 0 radical (unpaired) electrons. The number of alkyl halides is 2. The Morgan fingerprint density at radius 1 is 0.529 bits per heavy atom. The summed E-state index contributed by atoms with van der Waals surface area (Å²) in [6.07, 6.45) is 21.4. The fraction of sp³-hybridized carbons (Fsp3) is 0.923. The van der Waals surface area contributed by atoms with Crippen molar-refractivity contribution in [2.45, 2.75) is 129 Å². The van der Waals surface area contributed by atoms with Crippen molar-refractivity contribution in [3.63, 3.8) is 0 Å². The number of rotatable bonds is 22. The Balaban J connectivity index is 0. The maximum Gasteiger partial charge on any atom is 0.509 e. The van der Waals surface area contributed by atoms with E-state index < -0.39 is 12.3 Å². The molecule has 8 heteroatoms. The van der Waals surface area contributed by atoms with E-state index in [4.69, 9.17) is 21.1 Å². The molecule has 0 spiro atoms. The van der Waals surface area contributed by atoms with E-state index in [9.17, 15) is 9.59 Å². The highest BCUT2D eigenvalue weighted by Gasteiger charge is 2.02. The molecular formula is C26H50ClIO6. The molecule has 0 N–H and O–H groups in total. The second kappa shape index (κ2) is 32.6. The third-order valence-corrected chi connectivity index (χ3v) is 5.70. The van der Waals surface area contributed by atoms with Gasteiger partial charge in [0, 0.05) is 0 Å². The maximum atomic E-state index is 10.8. The minimum Gasteiger partial charge on any atom is -0.434 e. The summed E-state index contributed by atoms with van der Waals surface area (Å²) in [6, 6.07) is -0.142. The molecule has 204 valence electrons. The van der Waals surface area contributed by atoms with Crippen molar-refractivity contribution in [2.75, 3.05) is 23.9 Å². The van der Waals surface area contributed by atoms with Gasteiger partial charge in [0.05, 0.1) is 13.2 Å². The van der Waals surface area contributed by atoms with Gasteiger partial charge < -0.3 is 18.9 Å². The van der Waals surface area contributed by atoms with Gasteiger partial charge in [0.2, 0.25) is 0 Å². The molecule has 0 unspecified atom stereocenters. The summed E-state index contributed by atoms with van der Waals surface area (Å²) in [5.74, 6) is 0. The van der Waals surface area contributed by atoms with Crippen LogP contribution < -0.4 is 0 Å². The van der Waals surface area contributed by atoms with E-state index in [-0.39, 0.29) is 6.07 Å². The second-order valence-corrected chi connectivity index (χ2v) is 9.20. The van der Waals surface area contributed by atoms with Gasteiger partial charge in [-0.3, -0.25) is 0 Å². The number of hydrogen-bond donors (Lipinski definition) is 0. The van der Waals surface area contributed by atoms with Crippen LogP contribution >= 0.6 is 34.2 Å². The molecule has 6 nitrogen and oxygen atoms in total. The molecule has 0 bridgehead atoms. The van der Waals surface area contributed by atoms with E-state index >= 15 is 0 Å². The topological polar surface area (TPSA) is 71.1 Å². The number of carbonyl (C=O) groups excluding carboxylic acids is 2. The van der Waals surface area contributed by atoms with E-state index in [0.29, 0.717) is 17.8 Å². The second-order valence-electron chi connectivity index (χ2n) is 8.36. The summed E-state index contributed by atoms with van der Waals surface area (Å²) in [4.78, 5) is 21.6. The largest absolute Gasteiger partial charge is 0.509 e. The lowest BCUT2D eigenvalue weighted by atomic mass is 10.1. The van der Waals surface area contributed by atoms with Gasteiger partial charge in [0.15, 0.2) is 6.07 Å². The maximum absolute atomic E-state index is 10.8. The molecule has 0 saturated carbocycles. The van der Waals surface area contributed by atoms with Crippen LogP contribution in [0.4, 0.5) is 9.59 Å². The normalized spacial score (nSPS) is 10.2. The van der Waals surface area contributed by atoms with Crippen LogP contribution in [-0.2, 0) is 18.9 Å². The first-order chi connectivity index (χ1) is 16.6. The summed E-state index contributed by atoms with van der Waals surface area (Å²) in [6.45, 7) is 5.40. The molecule has 0 aliphatic carbocycles. The molecule has 0 saturated heterocycles. The fourth-order valence-corrected chi connectivity index (χ4v) is 3.65. The molecule has 0 aliphatic rings. The van der Waals surface area contributed by atoms with E-state index in [1.807, 2.05) is 22.6 Å². The number of halogens is 2. The van der Waals surface area contributed by atoms with E-state index in [0.717, 1.165) is 25.7 Å². The number of hydrogen-bond acceptors (Lipinski definition) is 6. The van der Waals surface area contributed by atoms with Crippen molar-refractivity contribution >= 4 is 46.5 Å². The lowest BCUT2D eigenvalue weighted by Crippen LogP contribution is -2.07. The van der Waals surface area contributed by atoms with Gasteiger partial charge in [0.1, 0.15) is 4.61 Å². The molecule has 0 rings (SSSR count). The third kappa shape index (κ3) is 33.7. The number of unbranched alkanes of at least 4 members (excludes halogenated alkanes) is 16. The van der Waals surface area contributed by atoms with Crippen molar-refractivity contribution in [1.82, 2.24) is 0 Å². The van der Waals surface area contributed by atoms with Crippen molar-refractivity contribution in [1.29, 1.82) is 0 Å². The molecule has 0 aromatic heterocycles. The smallest absolute Gasteiger partial charge is 0.434 e. The number of carbonyl (C=O) groups is 2. The third-order valence-electron chi connectivity index (χ3n) is 5.28. The summed E-state index contributed by atoms with van der Waals surface area (Å²) < 4.78 is 19.1. The molecule has 0 aromatic rings. The highest BCUT2D eigenvalue weighted by Crippen LogP contribution is 2.10. The van der Waals surface area contributed by atoms with Gasteiger partial charge in [-0.05, 0) is 35.4 Å². The van der Waals surface area contributed by atoms with Gasteiger partial charge in [0.25, 0.3) is 0 Å². The van der Waals surface area contributed by atoms with Gasteiger partial charge in [-0.1, -0.05) is 128 Å². The molecular weight excluding hydrogens is 571 g/mol. The molecule has 0 amide bonds. The molecule has 34 heavy (non-hydrogen) atoms. The zero-order valence-electron chi connectivity index (χ0n) is 21.8. The van der Waals surface area contributed by atoms with Crippen LogP contribution in [-0.4, -0.2) is 36.2 Å². The van der Waals surface area contributed by atoms with Crippen LogP contribution in [0.25, 0.3) is 0 Å². The summed E-state index contributed by atoms with van der Waals surface area (Å²) in [5, 5.41) is 0. The monoisotopic (exact) mass is 620 g/mol.